The summed E-state index contributed by atoms with van der Waals surface area (Å²) in [5.41, 5.74) is 6.11. The Labute approximate surface area is 103 Å². The standard InChI is InChI=1S/C7H5Br2ClN2S/c8-4-1-3(12-7(11)13)2-5(9)6(4)10/h1-2H,(H3,11,12,13). The highest BCUT2D eigenvalue weighted by Gasteiger charge is 2.04. The zero-order chi connectivity index (χ0) is 10.0. The van der Waals surface area contributed by atoms with Crippen LogP contribution in [0.3, 0.4) is 0 Å². The Morgan fingerprint density at radius 1 is 1.38 bits per heavy atom. The predicted molar refractivity (Wildman–Crippen MR) is 67.3 cm³/mol. The van der Waals surface area contributed by atoms with Crippen LogP contribution in [-0.4, -0.2) is 5.11 Å². The van der Waals surface area contributed by atoms with Crippen molar-refractivity contribution in [2.75, 3.05) is 5.32 Å². The van der Waals surface area contributed by atoms with E-state index < -0.39 is 0 Å². The molecule has 0 aliphatic heterocycles. The molecule has 1 aromatic carbocycles. The summed E-state index contributed by atoms with van der Waals surface area (Å²) in [5, 5.41) is 3.65. The fourth-order valence-electron chi connectivity index (χ4n) is 0.770. The molecule has 0 atom stereocenters. The first-order valence-electron chi connectivity index (χ1n) is 3.21. The summed E-state index contributed by atoms with van der Waals surface area (Å²) in [7, 11) is 0. The fourth-order valence-corrected chi connectivity index (χ4v) is 2.18. The second kappa shape index (κ2) is 4.59. The van der Waals surface area contributed by atoms with E-state index >= 15 is 0 Å². The molecule has 1 rings (SSSR count). The molecule has 0 aliphatic rings. The number of nitrogens with two attached hydrogens (primary N) is 1. The highest BCUT2D eigenvalue weighted by Crippen LogP contribution is 2.33. The number of rotatable bonds is 1. The van der Waals surface area contributed by atoms with Gasteiger partial charge in [0.2, 0.25) is 0 Å². The van der Waals surface area contributed by atoms with E-state index in [-0.39, 0.29) is 5.11 Å². The zero-order valence-corrected chi connectivity index (χ0v) is 11.0. The molecule has 0 fully saturated rings. The van der Waals surface area contributed by atoms with Crippen molar-refractivity contribution in [3.05, 3.63) is 26.1 Å². The van der Waals surface area contributed by atoms with Gasteiger partial charge in [0.05, 0.1) is 5.02 Å². The van der Waals surface area contributed by atoms with Crippen molar-refractivity contribution < 1.29 is 0 Å². The monoisotopic (exact) mass is 342 g/mol. The number of halogens is 3. The number of hydrogen-bond acceptors (Lipinski definition) is 1. The Balaban J connectivity index is 3.06. The third kappa shape index (κ3) is 3.09. The average molecular weight is 344 g/mol. The molecule has 0 aromatic heterocycles. The van der Waals surface area contributed by atoms with Gasteiger partial charge < -0.3 is 11.1 Å². The molecule has 0 unspecified atom stereocenters. The largest absolute Gasteiger partial charge is 0.376 e. The van der Waals surface area contributed by atoms with Gasteiger partial charge in [0, 0.05) is 14.6 Å². The smallest absolute Gasteiger partial charge is 0.168 e. The summed E-state index contributed by atoms with van der Waals surface area (Å²) in [6.45, 7) is 0. The molecule has 13 heavy (non-hydrogen) atoms. The van der Waals surface area contributed by atoms with Gasteiger partial charge in [-0.05, 0) is 56.2 Å². The Kier molecular flexibility index (Phi) is 3.97. The Morgan fingerprint density at radius 2 is 1.85 bits per heavy atom. The summed E-state index contributed by atoms with van der Waals surface area (Å²) < 4.78 is 1.56. The van der Waals surface area contributed by atoms with Crippen molar-refractivity contribution in [1.82, 2.24) is 0 Å². The number of benzene rings is 1. The SMILES string of the molecule is NC(=S)Nc1cc(Br)c(Cl)c(Br)c1. The number of anilines is 1. The third-order valence-electron chi connectivity index (χ3n) is 1.25. The van der Waals surface area contributed by atoms with E-state index in [4.69, 9.17) is 29.6 Å². The van der Waals surface area contributed by atoms with E-state index in [1.165, 1.54) is 0 Å². The lowest BCUT2D eigenvalue weighted by atomic mass is 10.3. The molecular formula is C7H5Br2ClN2S. The van der Waals surface area contributed by atoms with Crippen molar-refractivity contribution in [3.8, 4) is 0 Å². The molecule has 0 radical (unpaired) electrons. The minimum Gasteiger partial charge on any atom is -0.376 e. The molecule has 6 heteroatoms. The number of hydrogen-bond donors (Lipinski definition) is 2. The molecule has 0 spiro atoms. The van der Waals surface area contributed by atoms with Gasteiger partial charge in [-0.15, -0.1) is 0 Å². The van der Waals surface area contributed by atoms with E-state index in [1.54, 1.807) is 12.1 Å². The summed E-state index contributed by atoms with van der Waals surface area (Å²) in [6.07, 6.45) is 0. The predicted octanol–water partition coefficient (Wildman–Crippen LogP) is 3.52. The van der Waals surface area contributed by atoms with E-state index in [1.807, 2.05) is 0 Å². The van der Waals surface area contributed by atoms with Crippen LogP contribution in [0.15, 0.2) is 21.1 Å². The van der Waals surface area contributed by atoms with Gasteiger partial charge in [0.15, 0.2) is 5.11 Å². The van der Waals surface area contributed by atoms with Crippen LogP contribution in [0.25, 0.3) is 0 Å². The minimum absolute atomic E-state index is 0.223. The number of nitrogens with one attached hydrogen (secondary N) is 1. The lowest BCUT2D eigenvalue weighted by Gasteiger charge is -2.06. The maximum absolute atomic E-state index is 5.90. The highest BCUT2D eigenvalue weighted by molar-refractivity contribution is 9.11. The van der Waals surface area contributed by atoms with Crippen LogP contribution < -0.4 is 11.1 Å². The lowest BCUT2D eigenvalue weighted by molar-refractivity contribution is 1.55. The zero-order valence-electron chi connectivity index (χ0n) is 6.27. The van der Waals surface area contributed by atoms with Crippen LogP contribution in [0.1, 0.15) is 0 Å². The highest BCUT2D eigenvalue weighted by atomic mass is 79.9. The van der Waals surface area contributed by atoms with Crippen LogP contribution in [0, 0.1) is 0 Å². The van der Waals surface area contributed by atoms with Crippen LogP contribution in [-0.2, 0) is 0 Å². The van der Waals surface area contributed by atoms with E-state index in [0.29, 0.717) is 5.02 Å². The third-order valence-corrected chi connectivity index (χ3v) is 3.47. The second-order valence-electron chi connectivity index (χ2n) is 2.24. The van der Waals surface area contributed by atoms with Crippen molar-refractivity contribution in [2.24, 2.45) is 5.73 Å². The Morgan fingerprint density at radius 3 is 2.23 bits per heavy atom. The van der Waals surface area contributed by atoms with Crippen molar-refractivity contribution in [2.45, 2.75) is 0 Å². The lowest BCUT2D eigenvalue weighted by Crippen LogP contribution is -2.18. The quantitative estimate of drug-likeness (QED) is 0.605. The second-order valence-corrected chi connectivity index (χ2v) is 4.77. The van der Waals surface area contributed by atoms with Crippen molar-refractivity contribution in [3.63, 3.8) is 0 Å². The average Bonchev–Trinajstić information content (AvgIpc) is 1.98. The molecule has 1 aromatic rings. The first-order valence-corrected chi connectivity index (χ1v) is 5.59. The van der Waals surface area contributed by atoms with Gasteiger partial charge >= 0.3 is 0 Å². The minimum atomic E-state index is 0.223. The van der Waals surface area contributed by atoms with Gasteiger partial charge in [0.25, 0.3) is 0 Å². The van der Waals surface area contributed by atoms with Crippen LogP contribution >= 0.6 is 55.7 Å². The van der Waals surface area contributed by atoms with E-state index in [0.717, 1.165) is 14.6 Å². The normalized spacial score (nSPS) is 9.77. The van der Waals surface area contributed by atoms with E-state index in [2.05, 4.69) is 37.2 Å². The van der Waals surface area contributed by atoms with E-state index in [9.17, 15) is 0 Å². The maximum Gasteiger partial charge on any atom is 0.168 e. The van der Waals surface area contributed by atoms with Crippen molar-refractivity contribution in [1.29, 1.82) is 0 Å². The Hall–Kier alpha value is 0.160. The first kappa shape index (κ1) is 11.2. The fraction of sp³-hybridized carbons (Fsp3) is 0. The van der Waals surface area contributed by atoms with Gasteiger partial charge in [-0.25, -0.2) is 0 Å². The molecule has 0 aliphatic carbocycles. The summed E-state index contributed by atoms with van der Waals surface area (Å²) >= 11 is 17.2. The van der Waals surface area contributed by atoms with Crippen LogP contribution in [0.2, 0.25) is 5.02 Å². The molecule has 0 saturated carbocycles. The molecule has 0 saturated heterocycles. The van der Waals surface area contributed by atoms with Gasteiger partial charge in [0.1, 0.15) is 0 Å². The van der Waals surface area contributed by atoms with Gasteiger partial charge in [-0.1, -0.05) is 11.6 Å². The van der Waals surface area contributed by atoms with Crippen LogP contribution in [0.5, 0.6) is 0 Å². The molecule has 0 amide bonds. The summed E-state index contributed by atoms with van der Waals surface area (Å²) in [5.74, 6) is 0. The summed E-state index contributed by atoms with van der Waals surface area (Å²) in [4.78, 5) is 0. The molecule has 0 heterocycles. The maximum atomic E-state index is 5.90. The first-order chi connectivity index (χ1) is 6.00. The molecule has 0 bridgehead atoms. The van der Waals surface area contributed by atoms with Crippen molar-refractivity contribution >= 4 is 66.5 Å². The number of thiocarbonyl (C=S) groups is 1. The van der Waals surface area contributed by atoms with Gasteiger partial charge in [-0.3, -0.25) is 0 Å². The topological polar surface area (TPSA) is 38.0 Å². The molecular weight excluding hydrogens is 339 g/mol. The Bertz CT molecular complexity index is 333. The molecule has 70 valence electrons. The van der Waals surface area contributed by atoms with Gasteiger partial charge in [-0.2, -0.15) is 0 Å². The molecule has 3 N–H and O–H groups in total. The molecule has 2 nitrogen and oxygen atoms in total. The van der Waals surface area contributed by atoms with Crippen LogP contribution in [0.4, 0.5) is 5.69 Å². The summed E-state index contributed by atoms with van der Waals surface area (Å²) in [6, 6.07) is 3.60.